The Balaban J connectivity index is 3.66. The highest BCUT2D eigenvalue weighted by Gasteiger charge is 1.78. The predicted molar refractivity (Wildman–Crippen MR) is 68.8 cm³/mol. The fraction of sp³-hybridized carbons (Fsp3) is 0.385. The van der Waals surface area contributed by atoms with Gasteiger partial charge in [0.15, 0.2) is 0 Å². The topological polar surface area (TPSA) is 6.48 Å². The Hall–Kier alpha value is -1.28. The van der Waals surface area contributed by atoms with Gasteiger partial charge in [0.2, 0.25) is 0 Å². The minimum Gasteiger partial charge on any atom is -0.383 e. The van der Waals surface area contributed by atoms with E-state index in [4.69, 9.17) is 0 Å². The minimum absolute atomic E-state index is 0.981. The van der Waals surface area contributed by atoms with Crippen molar-refractivity contribution >= 4 is 0 Å². The van der Waals surface area contributed by atoms with Gasteiger partial charge in [-0.25, -0.2) is 0 Å². The summed E-state index contributed by atoms with van der Waals surface area (Å²) in [6.07, 6.45) is 16.3. The van der Waals surface area contributed by atoms with E-state index in [1.165, 1.54) is 0 Å². The molecule has 84 valence electrons. The third-order valence-electron chi connectivity index (χ3n) is 1.55. The van der Waals surface area contributed by atoms with Crippen molar-refractivity contribution in [3.8, 4) is 0 Å². The molecule has 0 amide bonds. The molecule has 2 heteroatoms. The summed E-state index contributed by atoms with van der Waals surface area (Å²) in [5, 5.41) is 0. The summed E-state index contributed by atoms with van der Waals surface area (Å²) in [5.74, 6) is 0. The lowest BCUT2D eigenvalue weighted by atomic mass is 10.4. The second-order valence-electron chi connectivity index (χ2n) is 3.77. The maximum absolute atomic E-state index is 2.12. The summed E-state index contributed by atoms with van der Waals surface area (Å²) in [7, 11) is 8.12. The number of allylic oxidation sites excluding steroid dienone is 6. The van der Waals surface area contributed by atoms with Gasteiger partial charge in [0.1, 0.15) is 0 Å². The van der Waals surface area contributed by atoms with Crippen LogP contribution in [-0.2, 0) is 0 Å². The molecule has 0 fully saturated rings. The monoisotopic (exact) mass is 206 g/mol. The van der Waals surface area contributed by atoms with Gasteiger partial charge in [0, 0.05) is 20.6 Å². The Bertz CT molecular complexity index is 245. The molecule has 0 radical (unpaired) electrons. The van der Waals surface area contributed by atoms with Crippen LogP contribution in [0, 0.1) is 0 Å². The second kappa shape index (κ2) is 9.28. The molecule has 0 spiro atoms. The fourth-order valence-electron chi connectivity index (χ4n) is 0.829. The van der Waals surface area contributed by atoms with Crippen LogP contribution in [0.3, 0.4) is 0 Å². The molecule has 0 aliphatic rings. The normalized spacial score (nSPS) is 13.1. The molecule has 0 aromatic rings. The maximum atomic E-state index is 2.12. The summed E-state index contributed by atoms with van der Waals surface area (Å²) in [6, 6.07) is 0. The molecule has 0 aromatic carbocycles. The van der Waals surface area contributed by atoms with Crippen LogP contribution >= 0.6 is 0 Å². The summed E-state index contributed by atoms with van der Waals surface area (Å²) >= 11 is 0. The Morgan fingerprint density at radius 1 is 0.733 bits per heavy atom. The van der Waals surface area contributed by atoms with E-state index in [9.17, 15) is 0 Å². The van der Waals surface area contributed by atoms with Crippen molar-refractivity contribution in [2.45, 2.75) is 0 Å². The van der Waals surface area contributed by atoms with Gasteiger partial charge in [-0.3, -0.25) is 0 Å². The van der Waals surface area contributed by atoms with Crippen LogP contribution < -0.4 is 0 Å². The van der Waals surface area contributed by atoms with E-state index in [1.807, 2.05) is 55.6 Å². The maximum Gasteiger partial charge on any atom is 0.0160 e. The standard InChI is InChI=1S/C13H22N2/c1-14(2)12-10-8-6-5-7-9-11-13-15(3)4/h5-12H,13H2,1-4H3/b7-5+,8-6+,11-9+,12-10+. The van der Waals surface area contributed by atoms with Crippen LogP contribution in [0.1, 0.15) is 0 Å². The summed E-state index contributed by atoms with van der Waals surface area (Å²) in [4.78, 5) is 4.13. The third-order valence-corrected chi connectivity index (χ3v) is 1.55. The highest BCUT2D eigenvalue weighted by Crippen LogP contribution is 1.84. The van der Waals surface area contributed by atoms with Crippen molar-refractivity contribution in [1.82, 2.24) is 9.80 Å². The molecule has 0 saturated heterocycles. The number of likely N-dealkylation sites (N-methyl/N-ethyl adjacent to an activating group) is 1. The quantitative estimate of drug-likeness (QED) is 0.615. The largest absolute Gasteiger partial charge is 0.383 e. The Morgan fingerprint density at radius 3 is 1.80 bits per heavy atom. The molecule has 2 nitrogen and oxygen atoms in total. The van der Waals surface area contributed by atoms with E-state index in [0.29, 0.717) is 0 Å². The molecule has 0 aromatic heterocycles. The number of rotatable bonds is 6. The second-order valence-corrected chi connectivity index (χ2v) is 3.77. The van der Waals surface area contributed by atoms with E-state index in [1.54, 1.807) is 0 Å². The van der Waals surface area contributed by atoms with Gasteiger partial charge in [-0.15, -0.1) is 0 Å². The first kappa shape index (κ1) is 13.7. The van der Waals surface area contributed by atoms with E-state index in [-0.39, 0.29) is 0 Å². The lowest BCUT2D eigenvalue weighted by Gasteiger charge is -2.02. The SMILES string of the molecule is CN(C)/C=C/C=C/C=C/C=C/CN(C)C. The molecular formula is C13H22N2. The molecule has 0 heterocycles. The van der Waals surface area contributed by atoms with Crippen molar-refractivity contribution < 1.29 is 0 Å². The van der Waals surface area contributed by atoms with Gasteiger partial charge >= 0.3 is 0 Å². The zero-order valence-corrected chi connectivity index (χ0v) is 10.2. The zero-order valence-electron chi connectivity index (χ0n) is 10.2. The zero-order chi connectivity index (χ0) is 11.5. The van der Waals surface area contributed by atoms with Gasteiger partial charge < -0.3 is 9.80 Å². The third kappa shape index (κ3) is 12.7. The van der Waals surface area contributed by atoms with Crippen LogP contribution in [0.15, 0.2) is 48.7 Å². The van der Waals surface area contributed by atoms with E-state index in [2.05, 4.69) is 31.1 Å². The number of hydrogen-bond donors (Lipinski definition) is 0. The van der Waals surface area contributed by atoms with Crippen molar-refractivity contribution in [3.63, 3.8) is 0 Å². The summed E-state index contributed by atoms with van der Waals surface area (Å²) < 4.78 is 0. The molecule has 0 aliphatic heterocycles. The first-order valence-corrected chi connectivity index (χ1v) is 5.10. The minimum atomic E-state index is 0.981. The van der Waals surface area contributed by atoms with Crippen LogP contribution in [-0.4, -0.2) is 44.5 Å². The lowest BCUT2D eigenvalue weighted by molar-refractivity contribution is 0.456. The fourth-order valence-corrected chi connectivity index (χ4v) is 0.829. The van der Waals surface area contributed by atoms with E-state index >= 15 is 0 Å². The van der Waals surface area contributed by atoms with Crippen LogP contribution in [0.2, 0.25) is 0 Å². The van der Waals surface area contributed by atoms with Crippen LogP contribution in [0.5, 0.6) is 0 Å². The summed E-state index contributed by atoms with van der Waals surface area (Å²) in [5.41, 5.74) is 0. The molecule has 0 aliphatic carbocycles. The van der Waals surface area contributed by atoms with Gasteiger partial charge in [-0.2, -0.15) is 0 Å². The number of nitrogens with zero attached hydrogens (tertiary/aromatic N) is 2. The molecule has 0 unspecified atom stereocenters. The van der Waals surface area contributed by atoms with E-state index in [0.717, 1.165) is 6.54 Å². The average Bonchev–Trinajstić information content (AvgIpc) is 2.14. The average molecular weight is 206 g/mol. The van der Waals surface area contributed by atoms with E-state index < -0.39 is 0 Å². The Morgan fingerprint density at radius 2 is 1.27 bits per heavy atom. The van der Waals surface area contributed by atoms with Gasteiger partial charge in [-0.1, -0.05) is 36.5 Å². The highest BCUT2D eigenvalue weighted by atomic mass is 15.0. The molecule has 0 saturated carbocycles. The molecule has 0 atom stereocenters. The van der Waals surface area contributed by atoms with Gasteiger partial charge in [0.05, 0.1) is 0 Å². The first-order valence-electron chi connectivity index (χ1n) is 5.10. The molecule has 0 bridgehead atoms. The molecule has 0 rings (SSSR count). The van der Waals surface area contributed by atoms with Gasteiger partial charge in [0.25, 0.3) is 0 Å². The van der Waals surface area contributed by atoms with Crippen molar-refractivity contribution in [1.29, 1.82) is 0 Å². The van der Waals surface area contributed by atoms with Crippen molar-refractivity contribution in [2.24, 2.45) is 0 Å². The Kier molecular flexibility index (Phi) is 8.49. The van der Waals surface area contributed by atoms with Crippen LogP contribution in [0.25, 0.3) is 0 Å². The molecule has 0 N–H and O–H groups in total. The lowest BCUT2D eigenvalue weighted by Crippen LogP contribution is -2.10. The van der Waals surface area contributed by atoms with Crippen molar-refractivity contribution in [2.75, 3.05) is 34.7 Å². The summed E-state index contributed by atoms with van der Waals surface area (Å²) in [6.45, 7) is 0.981. The Labute approximate surface area is 93.9 Å². The number of hydrogen-bond acceptors (Lipinski definition) is 2. The first-order chi connectivity index (χ1) is 7.13. The molecule has 15 heavy (non-hydrogen) atoms. The van der Waals surface area contributed by atoms with Crippen LogP contribution in [0.4, 0.5) is 0 Å². The molecular weight excluding hydrogens is 184 g/mol. The van der Waals surface area contributed by atoms with Crippen molar-refractivity contribution in [3.05, 3.63) is 48.7 Å². The smallest absolute Gasteiger partial charge is 0.0160 e. The van der Waals surface area contributed by atoms with Gasteiger partial charge in [-0.05, 0) is 26.4 Å². The predicted octanol–water partition coefficient (Wildman–Crippen LogP) is 2.29. The highest BCUT2D eigenvalue weighted by molar-refractivity contribution is 5.15.